The molecule has 1 saturated carbocycles. The van der Waals surface area contributed by atoms with Crippen molar-refractivity contribution in [3.05, 3.63) is 29.8 Å². The lowest BCUT2D eigenvalue weighted by Crippen LogP contribution is -2.35. The number of rotatable bonds is 5. The van der Waals surface area contributed by atoms with Crippen molar-refractivity contribution in [2.45, 2.75) is 57.0 Å². The van der Waals surface area contributed by atoms with Gasteiger partial charge in [0.1, 0.15) is 0 Å². The fourth-order valence-electron chi connectivity index (χ4n) is 1.99. The van der Waals surface area contributed by atoms with Gasteiger partial charge < -0.3 is 5.32 Å². The van der Waals surface area contributed by atoms with E-state index in [0.717, 1.165) is 12.5 Å². The lowest BCUT2D eigenvalue weighted by atomic mass is 9.87. The molecule has 1 nitrogen and oxygen atoms in total. The van der Waals surface area contributed by atoms with Gasteiger partial charge in [0.05, 0.1) is 0 Å². The van der Waals surface area contributed by atoms with Gasteiger partial charge >= 0.3 is 0 Å². The smallest absolute Gasteiger partial charge is 0.0210 e. The van der Waals surface area contributed by atoms with Gasteiger partial charge in [0.2, 0.25) is 0 Å². The van der Waals surface area contributed by atoms with Crippen molar-refractivity contribution in [1.29, 1.82) is 0 Å². The lowest BCUT2D eigenvalue weighted by Gasteiger charge is -2.24. The summed E-state index contributed by atoms with van der Waals surface area (Å²) in [7, 11) is 0. The topological polar surface area (TPSA) is 12.0 Å². The van der Waals surface area contributed by atoms with Crippen molar-refractivity contribution in [2.75, 3.05) is 5.75 Å². The van der Waals surface area contributed by atoms with E-state index in [1.165, 1.54) is 35.5 Å². The third-order valence-electron chi connectivity index (χ3n) is 3.43. The van der Waals surface area contributed by atoms with E-state index in [4.69, 9.17) is 0 Å². The average molecular weight is 263 g/mol. The lowest BCUT2D eigenvalue weighted by molar-refractivity contribution is 0.353. The summed E-state index contributed by atoms with van der Waals surface area (Å²) < 4.78 is 0. The largest absolute Gasteiger partial charge is 0.308 e. The maximum atomic E-state index is 3.54. The van der Waals surface area contributed by atoms with E-state index < -0.39 is 0 Å². The summed E-state index contributed by atoms with van der Waals surface area (Å²) >= 11 is 2.02. The van der Waals surface area contributed by atoms with E-state index >= 15 is 0 Å². The summed E-state index contributed by atoms with van der Waals surface area (Å²) in [6.07, 6.45) is 4.33. The predicted molar refractivity (Wildman–Crippen MR) is 81.1 cm³/mol. The summed E-state index contributed by atoms with van der Waals surface area (Å²) in [6, 6.07) is 8.97. The number of nitrogens with one attached hydrogen (secondary N) is 1. The van der Waals surface area contributed by atoms with Crippen LogP contribution in [0.15, 0.2) is 29.2 Å². The third-order valence-corrected chi connectivity index (χ3v) is 4.66. The molecule has 2 rings (SSSR count). The molecule has 18 heavy (non-hydrogen) atoms. The zero-order valence-electron chi connectivity index (χ0n) is 11.8. The van der Waals surface area contributed by atoms with Crippen LogP contribution in [0.1, 0.15) is 45.6 Å². The highest BCUT2D eigenvalue weighted by atomic mass is 32.2. The number of benzene rings is 1. The molecule has 1 N–H and O–H groups in total. The Hall–Kier alpha value is -0.470. The van der Waals surface area contributed by atoms with Gasteiger partial charge in [-0.25, -0.2) is 0 Å². The zero-order chi connectivity index (χ0) is 13.0. The molecule has 0 amide bonds. The van der Waals surface area contributed by atoms with E-state index in [1.54, 1.807) is 0 Å². The average Bonchev–Trinajstić information content (AvgIpc) is 2.24. The highest BCUT2D eigenvalue weighted by molar-refractivity contribution is 7.99. The summed E-state index contributed by atoms with van der Waals surface area (Å²) in [4.78, 5) is 1.43. The first-order valence-electron chi connectivity index (χ1n) is 7.00. The van der Waals surface area contributed by atoms with Gasteiger partial charge in [-0.3, -0.25) is 0 Å². The molecular weight excluding hydrogens is 238 g/mol. The fraction of sp³-hybridized carbons (Fsp3) is 0.625. The molecule has 1 fully saturated rings. The SMILES string of the molecule is CC(C)(C)NCc1cccc(SCC2CCC2)c1. The second kappa shape index (κ2) is 6.12. The summed E-state index contributed by atoms with van der Waals surface area (Å²) in [5.41, 5.74) is 1.58. The Balaban J connectivity index is 1.84. The molecule has 0 aliphatic heterocycles. The molecule has 1 aliphatic carbocycles. The molecule has 0 atom stereocenters. The van der Waals surface area contributed by atoms with Gasteiger partial charge in [0.15, 0.2) is 0 Å². The minimum Gasteiger partial charge on any atom is -0.308 e. The normalized spacial score (nSPS) is 16.6. The number of hydrogen-bond acceptors (Lipinski definition) is 2. The Kier molecular flexibility index (Phi) is 4.74. The molecule has 0 spiro atoms. The molecule has 1 aromatic rings. The van der Waals surface area contributed by atoms with E-state index in [-0.39, 0.29) is 5.54 Å². The molecule has 0 unspecified atom stereocenters. The van der Waals surface area contributed by atoms with Crippen LogP contribution in [-0.4, -0.2) is 11.3 Å². The van der Waals surface area contributed by atoms with Crippen LogP contribution >= 0.6 is 11.8 Å². The molecule has 0 saturated heterocycles. The second-order valence-corrected chi connectivity index (χ2v) is 7.45. The first-order valence-corrected chi connectivity index (χ1v) is 7.98. The maximum Gasteiger partial charge on any atom is 0.0210 e. The maximum absolute atomic E-state index is 3.54. The van der Waals surface area contributed by atoms with Crippen molar-refractivity contribution in [3.8, 4) is 0 Å². The Morgan fingerprint density at radius 1 is 1.28 bits per heavy atom. The van der Waals surface area contributed by atoms with Crippen molar-refractivity contribution >= 4 is 11.8 Å². The Labute approximate surface area is 116 Å². The van der Waals surface area contributed by atoms with Gasteiger partial charge in [-0.05, 0) is 57.2 Å². The second-order valence-electron chi connectivity index (χ2n) is 6.36. The van der Waals surface area contributed by atoms with Crippen LogP contribution in [0.5, 0.6) is 0 Å². The molecule has 0 radical (unpaired) electrons. The van der Waals surface area contributed by atoms with Crippen molar-refractivity contribution in [1.82, 2.24) is 5.32 Å². The van der Waals surface area contributed by atoms with Gasteiger partial charge in [-0.15, -0.1) is 11.8 Å². The molecular formula is C16H25NS. The number of hydrogen-bond donors (Lipinski definition) is 1. The Morgan fingerprint density at radius 2 is 2.06 bits per heavy atom. The molecule has 0 bridgehead atoms. The van der Waals surface area contributed by atoms with Crippen LogP contribution in [0.25, 0.3) is 0 Å². The fourth-order valence-corrected chi connectivity index (χ4v) is 3.16. The van der Waals surface area contributed by atoms with Crippen LogP contribution in [0.3, 0.4) is 0 Å². The van der Waals surface area contributed by atoms with Crippen LogP contribution in [-0.2, 0) is 6.54 Å². The van der Waals surface area contributed by atoms with Crippen LogP contribution in [0.2, 0.25) is 0 Å². The van der Waals surface area contributed by atoms with E-state index in [9.17, 15) is 0 Å². The van der Waals surface area contributed by atoms with Crippen molar-refractivity contribution < 1.29 is 0 Å². The molecule has 1 aromatic carbocycles. The van der Waals surface area contributed by atoms with Crippen LogP contribution in [0, 0.1) is 5.92 Å². The predicted octanol–water partition coefficient (Wildman–Crippen LogP) is 4.47. The van der Waals surface area contributed by atoms with Crippen LogP contribution < -0.4 is 5.32 Å². The highest BCUT2D eigenvalue weighted by Crippen LogP contribution is 2.32. The summed E-state index contributed by atoms with van der Waals surface area (Å²) in [5.74, 6) is 2.28. The molecule has 0 heterocycles. The molecule has 1 aliphatic rings. The molecule has 100 valence electrons. The standard InChI is InChI=1S/C16H25NS/c1-16(2,3)17-11-14-8-5-9-15(10-14)18-12-13-6-4-7-13/h5,8-10,13,17H,4,6-7,11-12H2,1-3H3. The third kappa shape index (κ3) is 4.66. The summed E-state index contributed by atoms with van der Waals surface area (Å²) in [5, 5.41) is 3.54. The van der Waals surface area contributed by atoms with E-state index in [0.29, 0.717) is 0 Å². The molecule has 0 aromatic heterocycles. The zero-order valence-corrected chi connectivity index (χ0v) is 12.6. The van der Waals surface area contributed by atoms with Gasteiger partial charge in [0, 0.05) is 22.7 Å². The molecule has 2 heteroatoms. The van der Waals surface area contributed by atoms with Gasteiger partial charge in [0.25, 0.3) is 0 Å². The van der Waals surface area contributed by atoms with Gasteiger partial charge in [-0.1, -0.05) is 18.6 Å². The first-order chi connectivity index (χ1) is 8.53. The van der Waals surface area contributed by atoms with E-state index in [2.05, 4.69) is 50.4 Å². The summed E-state index contributed by atoms with van der Waals surface area (Å²) in [6.45, 7) is 7.59. The number of thioether (sulfide) groups is 1. The van der Waals surface area contributed by atoms with Crippen molar-refractivity contribution in [3.63, 3.8) is 0 Å². The monoisotopic (exact) mass is 263 g/mol. The van der Waals surface area contributed by atoms with E-state index in [1.807, 2.05) is 11.8 Å². The quantitative estimate of drug-likeness (QED) is 0.787. The Morgan fingerprint density at radius 3 is 2.67 bits per heavy atom. The minimum atomic E-state index is 0.190. The van der Waals surface area contributed by atoms with Crippen molar-refractivity contribution in [2.24, 2.45) is 5.92 Å². The van der Waals surface area contributed by atoms with Gasteiger partial charge in [-0.2, -0.15) is 0 Å². The first kappa shape index (κ1) is 14.0. The highest BCUT2D eigenvalue weighted by Gasteiger charge is 2.17. The minimum absolute atomic E-state index is 0.190. The van der Waals surface area contributed by atoms with Crippen LogP contribution in [0.4, 0.5) is 0 Å². The Bertz CT molecular complexity index is 377.